The molecule has 2 fully saturated rings. The van der Waals surface area contributed by atoms with Gasteiger partial charge in [-0.1, -0.05) is 19.8 Å². The fraction of sp³-hybridized carbons (Fsp3) is 0.923. The second-order valence-electron chi connectivity index (χ2n) is 5.06. The summed E-state index contributed by atoms with van der Waals surface area (Å²) in [5, 5.41) is 0. The zero-order valence-electron chi connectivity index (χ0n) is 10.7. The van der Waals surface area contributed by atoms with Crippen LogP contribution in [0.15, 0.2) is 0 Å². The van der Waals surface area contributed by atoms with Crippen LogP contribution >= 0.6 is 0 Å². The maximum atomic E-state index is 11.6. The summed E-state index contributed by atoms with van der Waals surface area (Å²) in [6.45, 7) is 4.77. The summed E-state index contributed by atoms with van der Waals surface area (Å²) >= 11 is 0. The molecule has 4 unspecified atom stereocenters. The van der Waals surface area contributed by atoms with Crippen molar-refractivity contribution in [1.29, 1.82) is 0 Å². The van der Waals surface area contributed by atoms with Gasteiger partial charge in [-0.2, -0.15) is 0 Å². The highest BCUT2D eigenvalue weighted by Crippen LogP contribution is 2.30. The molecule has 0 bridgehead atoms. The van der Waals surface area contributed by atoms with Gasteiger partial charge in [0.15, 0.2) is 6.10 Å². The lowest BCUT2D eigenvalue weighted by atomic mass is 10.0. The van der Waals surface area contributed by atoms with Crippen LogP contribution in [0.3, 0.4) is 0 Å². The summed E-state index contributed by atoms with van der Waals surface area (Å²) in [4.78, 5) is 11.6. The van der Waals surface area contributed by atoms with E-state index in [-0.39, 0.29) is 18.2 Å². The molecular weight excluding hydrogens is 220 g/mol. The first kappa shape index (κ1) is 12.8. The molecule has 0 radical (unpaired) electrons. The first-order chi connectivity index (χ1) is 8.20. The van der Waals surface area contributed by atoms with E-state index in [2.05, 4.69) is 6.92 Å². The molecule has 1 saturated heterocycles. The van der Waals surface area contributed by atoms with E-state index in [4.69, 9.17) is 14.2 Å². The van der Waals surface area contributed by atoms with Crippen molar-refractivity contribution < 1.29 is 19.0 Å². The third-order valence-electron chi connectivity index (χ3n) is 3.59. The van der Waals surface area contributed by atoms with Crippen molar-refractivity contribution in [3.8, 4) is 0 Å². The van der Waals surface area contributed by atoms with Gasteiger partial charge in [-0.3, -0.25) is 0 Å². The number of carbonyl (C=O) groups is 1. The topological polar surface area (TPSA) is 44.8 Å². The maximum Gasteiger partial charge on any atom is 0.337 e. The van der Waals surface area contributed by atoms with E-state index in [1.807, 2.05) is 0 Å². The van der Waals surface area contributed by atoms with E-state index in [0.29, 0.717) is 19.1 Å². The molecule has 1 aliphatic heterocycles. The molecule has 4 atom stereocenters. The highest BCUT2D eigenvalue weighted by Gasteiger charge is 2.37. The lowest BCUT2D eigenvalue weighted by Gasteiger charge is -2.35. The van der Waals surface area contributed by atoms with Crippen LogP contribution in [0.25, 0.3) is 0 Å². The molecule has 2 rings (SSSR count). The van der Waals surface area contributed by atoms with Crippen molar-refractivity contribution in [1.82, 2.24) is 0 Å². The highest BCUT2D eigenvalue weighted by atomic mass is 16.6. The summed E-state index contributed by atoms with van der Waals surface area (Å²) in [5.41, 5.74) is 0. The van der Waals surface area contributed by atoms with Crippen LogP contribution in [0.1, 0.15) is 39.5 Å². The van der Waals surface area contributed by atoms with Crippen LogP contribution in [-0.2, 0) is 19.0 Å². The van der Waals surface area contributed by atoms with Crippen molar-refractivity contribution in [2.75, 3.05) is 13.2 Å². The molecular formula is C13H22O4. The SMILES string of the molecule is CCOC(=O)C1COC2CCCC(C)CC2O1. The van der Waals surface area contributed by atoms with E-state index in [9.17, 15) is 4.79 Å². The number of carbonyl (C=O) groups excluding carboxylic acids is 1. The Kier molecular flexibility index (Phi) is 4.40. The highest BCUT2D eigenvalue weighted by molar-refractivity contribution is 5.74. The molecule has 0 aromatic heterocycles. The van der Waals surface area contributed by atoms with Gasteiger partial charge < -0.3 is 14.2 Å². The normalized spacial score (nSPS) is 38.0. The van der Waals surface area contributed by atoms with Gasteiger partial charge in [-0.15, -0.1) is 0 Å². The predicted octanol–water partition coefficient (Wildman–Crippen LogP) is 1.91. The van der Waals surface area contributed by atoms with Gasteiger partial charge in [0.1, 0.15) is 0 Å². The van der Waals surface area contributed by atoms with E-state index in [0.717, 1.165) is 12.8 Å². The van der Waals surface area contributed by atoms with Crippen LogP contribution in [0.4, 0.5) is 0 Å². The van der Waals surface area contributed by atoms with Gasteiger partial charge in [-0.25, -0.2) is 4.79 Å². The average molecular weight is 242 g/mol. The van der Waals surface area contributed by atoms with Crippen molar-refractivity contribution >= 4 is 5.97 Å². The fourth-order valence-corrected chi connectivity index (χ4v) is 2.67. The van der Waals surface area contributed by atoms with E-state index in [1.54, 1.807) is 6.92 Å². The van der Waals surface area contributed by atoms with Crippen LogP contribution in [0, 0.1) is 5.92 Å². The summed E-state index contributed by atoms with van der Waals surface area (Å²) < 4.78 is 16.6. The van der Waals surface area contributed by atoms with Gasteiger partial charge in [0.05, 0.1) is 25.4 Å². The minimum atomic E-state index is -0.526. The first-order valence-corrected chi connectivity index (χ1v) is 6.64. The van der Waals surface area contributed by atoms with Gasteiger partial charge in [0, 0.05) is 0 Å². The molecule has 0 aromatic rings. The number of hydrogen-bond donors (Lipinski definition) is 0. The Labute approximate surface area is 103 Å². The maximum absolute atomic E-state index is 11.6. The number of rotatable bonds is 2. The van der Waals surface area contributed by atoms with E-state index < -0.39 is 6.10 Å². The molecule has 1 saturated carbocycles. The molecule has 0 amide bonds. The Morgan fingerprint density at radius 2 is 2.18 bits per heavy atom. The molecule has 98 valence electrons. The summed E-state index contributed by atoms with van der Waals surface area (Å²) in [6.07, 6.45) is 4.16. The zero-order chi connectivity index (χ0) is 12.3. The van der Waals surface area contributed by atoms with Gasteiger partial charge >= 0.3 is 5.97 Å². The lowest BCUT2D eigenvalue weighted by molar-refractivity contribution is -0.203. The second-order valence-corrected chi connectivity index (χ2v) is 5.06. The smallest absolute Gasteiger partial charge is 0.337 e. The molecule has 0 N–H and O–H groups in total. The molecule has 4 heteroatoms. The van der Waals surface area contributed by atoms with Crippen LogP contribution in [0.2, 0.25) is 0 Å². The van der Waals surface area contributed by atoms with Crippen LogP contribution in [-0.4, -0.2) is 37.5 Å². The number of esters is 1. The predicted molar refractivity (Wildman–Crippen MR) is 62.7 cm³/mol. The Morgan fingerprint density at radius 1 is 1.35 bits per heavy atom. The van der Waals surface area contributed by atoms with Crippen molar-refractivity contribution in [3.05, 3.63) is 0 Å². The van der Waals surface area contributed by atoms with Crippen LogP contribution in [0.5, 0.6) is 0 Å². The quantitative estimate of drug-likeness (QED) is 0.694. The number of hydrogen-bond acceptors (Lipinski definition) is 4. The van der Waals surface area contributed by atoms with Gasteiger partial charge in [-0.05, 0) is 25.7 Å². The van der Waals surface area contributed by atoms with Gasteiger partial charge in [0.25, 0.3) is 0 Å². The van der Waals surface area contributed by atoms with E-state index in [1.165, 1.54) is 12.8 Å². The van der Waals surface area contributed by atoms with Crippen molar-refractivity contribution in [3.63, 3.8) is 0 Å². The molecule has 17 heavy (non-hydrogen) atoms. The van der Waals surface area contributed by atoms with Crippen molar-refractivity contribution in [2.24, 2.45) is 5.92 Å². The third-order valence-corrected chi connectivity index (χ3v) is 3.59. The Hall–Kier alpha value is -0.610. The summed E-state index contributed by atoms with van der Waals surface area (Å²) in [5.74, 6) is 0.359. The summed E-state index contributed by atoms with van der Waals surface area (Å²) in [7, 11) is 0. The molecule has 0 spiro atoms. The zero-order valence-corrected chi connectivity index (χ0v) is 10.7. The first-order valence-electron chi connectivity index (χ1n) is 6.64. The minimum absolute atomic E-state index is 0.0654. The minimum Gasteiger partial charge on any atom is -0.464 e. The standard InChI is InChI=1S/C13H22O4/c1-3-15-13(14)12-8-16-10-6-4-5-9(2)7-11(10)17-12/h9-12H,3-8H2,1-2H3. The number of fused-ring (bicyclic) bond motifs is 1. The van der Waals surface area contributed by atoms with Gasteiger partial charge in [0.2, 0.25) is 0 Å². The number of ether oxygens (including phenoxy) is 3. The monoisotopic (exact) mass is 242 g/mol. The Balaban J connectivity index is 1.93. The summed E-state index contributed by atoms with van der Waals surface area (Å²) in [6, 6.07) is 0. The molecule has 4 nitrogen and oxygen atoms in total. The molecule has 1 aliphatic carbocycles. The van der Waals surface area contributed by atoms with Crippen LogP contribution < -0.4 is 0 Å². The molecule has 1 heterocycles. The average Bonchev–Trinajstić information content (AvgIpc) is 2.49. The molecule has 0 aromatic carbocycles. The van der Waals surface area contributed by atoms with Crippen molar-refractivity contribution in [2.45, 2.75) is 57.8 Å². The molecule has 2 aliphatic rings. The second kappa shape index (κ2) is 5.83. The Morgan fingerprint density at radius 3 is 2.94 bits per heavy atom. The third kappa shape index (κ3) is 3.19. The fourth-order valence-electron chi connectivity index (χ4n) is 2.67. The Bertz CT molecular complexity index is 266. The lowest BCUT2D eigenvalue weighted by Crippen LogP contribution is -2.47. The van der Waals surface area contributed by atoms with E-state index >= 15 is 0 Å². The largest absolute Gasteiger partial charge is 0.464 e.